The number of fused-ring (bicyclic) bond motifs is 5. The van der Waals surface area contributed by atoms with Crippen LogP contribution in [0.1, 0.15) is 106 Å². The highest BCUT2D eigenvalue weighted by molar-refractivity contribution is 5.88. The van der Waals surface area contributed by atoms with Gasteiger partial charge in [0.15, 0.2) is 0 Å². The van der Waals surface area contributed by atoms with E-state index in [4.69, 9.17) is 4.74 Å². The molecule has 4 saturated carbocycles. The minimum atomic E-state index is -0.496. The van der Waals surface area contributed by atoms with Crippen LogP contribution in [-0.4, -0.2) is 23.6 Å². The molecule has 0 radical (unpaired) electrons. The minimum Gasteiger partial charge on any atom is -0.462 e. The van der Waals surface area contributed by atoms with Crippen LogP contribution in [0, 0.1) is 45.3 Å². The van der Waals surface area contributed by atoms with Crippen LogP contribution in [0.25, 0.3) is 0 Å². The lowest BCUT2D eigenvalue weighted by atomic mass is 9.35. The van der Waals surface area contributed by atoms with E-state index in [0.29, 0.717) is 42.3 Å². The second-order valence-electron chi connectivity index (χ2n) is 12.9. The first-order valence-electron chi connectivity index (χ1n) is 13.0. The molecule has 0 spiro atoms. The third kappa shape index (κ3) is 3.25. The molecule has 9 atom stereocenters. The molecule has 0 aromatic rings. The van der Waals surface area contributed by atoms with E-state index < -0.39 is 11.5 Å². The summed E-state index contributed by atoms with van der Waals surface area (Å²) >= 11 is 0. The van der Waals surface area contributed by atoms with E-state index in [1.54, 1.807) is 6.92 Å². The van der Waals surface area contributed by atoms with Gasteiger partial charge in [-0.2, -0.15) is 0 Å². The molecular formula is C28H44O4. The zero-order chi connectivity index (χ0) is 23.7. The Kier molecular flexibility index (Phi) is 5.74. The Balaban J connectivity index is 1.75. The number of hydrogen-bond donors (Lipinski definition) is 0. The third-order valence-electron chi connectivity index (χ3n) is 11.5. The lowest BCUT2D eigenvalue weighted by Gasteiger charge is -2.69. The zero-order valence-electron chi connectivity index (χ0n) is 21.4. The third-order valence-corrected chi connectivity index (χ3v) is 11.5. The van der Waals surface area contributed by atoms with E-state index in [2.05, 4.69) is 34.6 Å². The summed E-state index contributed by atoms with van der Waals surface area (Å²) in [5.74, 6) is 0.901. The second kappa shape index (κ2) is 7.67. The molecule has 0 aliphatic heterocycles. The number of hydrogen-bond acceptors (Lipinski definition) is 4. The Labute approximate surface area is 194 Å². The largest absolute Gasteiger partial charge is 0.462 e. The number of Topliss-reactive ketones (excluding diaryl/α,β-unsaturated/α-hetero) is 2. The quantitative estimate of drug-likeness (QED) is 0.490. The summed E-state index contributed by atoms with van der Waals surface area (Å²) in [7, 11) is 0. The summed E-state index contributed by atoms with van der Waals surface area (Å²) in [6, 6.07) is 0. The summed E-state index contributed by atoms with van der Waals surface area (Å²) < 4.78 is 5.73. The van der Waals surface area contributed by atoms with Gasteiger partial charge in [-0.3, -0.25) is 14.4 Å². The monoisotopic (exact) mass is 444 g/mol. The number of carbonyl (C=O) groups excluding carboxylic acids is 3. The molecule has 4 aliphatic rings. The zero-order valence-corrected chi connectivity index (χ0v) is 21.4. The van der Waals surface area contributed by atoms with E-state index in [1.807, 2.05) is 0 Å². The fraction of sp³-hybridized carbons (Fsp3) is 0.893. The summed E-state index contributed by atoms with van der Waals surface area (Å²) in [5, 5.41) is 0. The Bertz CT molecular complexity index is 818. The predicted octanol–water partition coefficient (Wildman–Crippen LogP) is 6.15. The lowest BCUT2D eigenvalue weighted by Crippen LogP contribution is -2.66. The molecule has 4 fully saturated rings. The van der Waals surface area contributed by atoms with Crippen molar-refractivity contribution in [2.45, 2.75) is 112 Å². The van der Waals surface area contributed by atoms with Gasteiger partial charge in [0.25, 0.3) is 0 Å². The molecule has 4 rings (SSSR count). The molecular weight excluding hydrogens is 400 g/mol. The van der Waals surface area contributed by atoms with E-state index in [1.165, 1.54) is 39.0 Å². The highest BCUT2D eigenvalue weighted by atomic mass is 16.5. The van der Waals surface area contributed by atoms with Gasteiger partial charge in [-0.25, -0.2) is 0 Å². The number of ketones is 2. The van der Waals surface area contributed by atoms with Crippen LogP contribution in [0.3, 0.4) is 0 Å². The van der Waals surface area contributed by atoms with Crippen LogP contribution in [0.5, 0.6) is 0 Å². The van der Waals surface area contributed by atoms with E-state index in [9.17, 15) is 14.4 Å². The van der Waals surface area contributed by atoms with Crippen molar-refractivity contribution in [3.63, 3.8) is 0 Å². The molecule has 4 heteroatoms. The van der Waals surface area contributed by atoms with Crippen LogP contribution >= 0.6 is 0 Å². The highest BCUT2D eigenvalue weighted by Crippen LogP contribution is 2.72. The molecule has 0 N–H and O–H groups in total. The predicted molar refractivity (Wildman–Crippen MR) is 125 cm³/mol. The molecule has 0 bridgehead atoms. The summed E-state index contributed by atoms with van der Waals surface area (Å²) in [5.41, 5.74) is 0.0935. The van der Waals surface area contributed by atoms with Crippen LogP contribution in [-0.2, 0) is 19.1 Å². The van der Waals surface area contributed by atoms with Gasteiger partial charge in [-0.15, -0.1) is 0 Å². The maximum atomic E-state index is 13.9. The standard InChI is InChI=1S/C28H44O4/c1-8-25(4)11-9-12-26(5)21(25)10-13-27(6)22-14-20(32-18(3)30)19(17(2)29)16-28(22,7)24(31)15-23(26)27/h19-23H,8-16H2,1-7H3. The minimum absolute atomic E-state index is 0.0395. The molecule has 0 aromatic heterocycles. The number of rotatable bonds is 3. The maximum absolute atomic E-state index is 13.9. The van der Waals surface area contributed by atoms with Gasteiger partial charge < -0.3 is 4.74 Å². The first kappa shape index (κ1) is 24.0. The molecule has 4 nitrogen and oxygen atoms in total. The molecule has 0 amide bonds. The lowest BCUT2D eigenvalue weighted by molar-refractivity contribution is -0.214. The van der Waals surface area contributed by atoms with Gasteiger partial charge in [0, 0.05) is 18.8 Å². The van der Waals surface area contributed by atoms with Crippen molar-refractivity contribution >= 4 is 17.5 Å². The van der Waals surface area contributed by atoms with Crippen molar-refractivity contribution in [2.24, 2.45) is 45.3 Å². The Hall–Kier alpha value is -1.19. The van der Waals surface area contributed by atoms with Gasteiger partial charge in [-0.05, 0) is 79.4 Å². The SMILES string of the molecule is CCC1(C)CCCC2(C)C1CCC1(C)C3CC(OC(C)=O)C(C(C)=O)CC3(C)C(=O)CC21. The topological polar surface area (TPSA) is 60.4 Å². The van der Waals surface area contributed by atoms with Gasteiger partial charge in [0.2, 0.25) is 0 Å². The van der Waals surface area contributed by atoms with Crippen LogP contribution in [0.4, 0.5) is 0 Å². The van der Waals surface area contributed by atoms with Crippen LogP contribution in [0.2, 0.25) is 0 Å². The molecule has 4 aliphatic carbocycles. The van der Waals surface area contributed by atoms with Crippen LogP contribution in [0.15, 0.2) is 0 Å². The van der Waals surface area contributed by atoms with Crippen LogP contribution < -0.4 is 0 Å². The molecule has 32 heavy (non-hydrogen) atoms. The molecule has 9 unspecified atom stereocenters. The summed E-state index contributed by atoms with van der Waals surface area (Å²) in [6.07, 6.45) is 8.77. The average Bonchev–Trinajstić information content (AvgIpc) is 2.70. The first-order valence-corrected chi connectivity index (χ1v) is 13.0. The van der Waals surface area contributed by atoms with E-state index in [-0.39, 0.29) is 34.4 Å². The number of ether oxygens (including phenoxy) is 1. The average molecular weight is 445 g/mol. The fourth-order valence-corrected chi connectivity index (χ4v) is 9.66. The number of esters is 1. The van der Waals surface area contributed by atoms with Crippen molar-refractivity contribution in [1.82, 2.24) is 0 Å². The molecule has 180 valence electrons. The molecule has 0 saturated heterocycles. The summed E-state index contributed by atoms with van der Waals surface area (Å²) in [4.78, 5) is 38.3. The Morgan fingerprint density at radius 1 is 0.969 bits per heavy atom. The fourth-order valence-electron chi connectivity index (χ4n) is 9.66. The van der Waals surface area contributed by atoms with Crippen molar-refractivity contribution in [3.8, 4) is 0 Å². The Morgan fingerprint density at radius 2 is 1.62 bits per heavy atom. The molecule has 0 heterocycles. The van der Waals surface area contributed by atoms with Gasteiger partial charge in [0.05, 0.1) is 5.92 Å². The van der Waals surface area contributed by atoms with E-state index in [0.717, 1.165) is 6.42 Å². The normalized spacial score (nSPS) is 50.6. The van der Waals surface area contributed by atoms with Gasteiger partial charge in [-0.1, -0.05) is 47.5 Å². The Morgan fingerprint density at radius 3 is 2.22 bits per heavy atom. The highest BCUT2D eigenvalue weighted by Gasteiger charge is 2.68. The van der Waals surface area contributed by atoms with Gasteiger partial charge >= 0.3 is 5.97 Å². The summed E-state index contributed by atoms with van der Waals surface area (Å²) in [6.45, 7) is 14.9. The molecule has 0 aromatic carbocycles. The van der Waals surface area contributed by atoms with Crippen molar-refractivity contribution in [2.75, 3.05) is 0 Å². The van der Waals surface area contributed by atoms with Crippen molar-refractivity contribution < 1.29 is 19.1 Å². The van der Waals surface area contributed by atoms with Crippen molar-refractivity contribution in [1.29, 1.82) is 0 Å². The second-order valence-corrected chi connectivity index (χ2v) is 12.9. The maximum Gasteiger partial charge on any atom is 0.302 e. The smallest absolute Gasteiger partial charge is 0.302 e. The van der Waals surface area contributed by atoms with E-state index >= 15 is 0 Å². The first-order chi connectivity index (χ1) is 14.8. The van der Waals surface area contributed by atoms with Gasteiger partial charge in [0.1, 0.15) is 17.7 Å². The number of carbonyl (C=O) groups is 3. The van der Waals surface area contributed by atoms with Crippen molar-refractivity contribution in [3.05, 3.63) is 0 Å².